The number of hydrogen-bond acceptors (Lipinski definition) is 4. The van der Waals surface area contributed by atoms with Gasteiger partial charge in [-0.3, -0.25) is 14.5 Å². The van der Waals surface area contributed by atoms with E-state index in [0.717, 1.165) is 44.3 Å². The van der Waals surface area contributed by atoms with Crippen LogP contribution in [0.1, 0.15) is 70.3 Å². The van der Waals surface area contributed by atoms with Gasteiger partial charge in [-0.15, -0.1) is 12.4 Å². The lowest BCUT2D eigenvalue weighted by Gasteiger charge is -2.34. The molecule has 0 bridgehead atoms. The van der Waals surface area contributed by atoms with Crippen LogP contribution >= 0.6 is 12.4 Å². The van der Waals surface area contributed by atoms with Crippen LogP contribution in [0.5, 0.6) is 5.75 Å². The number of benzene rings is 1. The van der Waals surface area contributed by atoms with Gasteiger partial charge in [-0.05, 0) is 36.5 Å². The van der Waals surface area contributed by atoms with Crippen molar-refractivity contribution in [3.05, 3.63) is 29.8 Å². The van der Waals surface area contributed by atoms with Gasteiger partial charge in [-0.2, -0.15) is 0 Å². The minimum absolute atomic E-state index is 0. The van der Waals surface area contributed by atoms with Gasteiger partial charge in [-0.1, -0.05) is 51.2 Å². The van der Waals surface area contributed by atoms with Crippen molar-refractivity contribution >= 4 is 24.1 Å². The smallest absolute Gasteiger partial charge is 0.230 e. The number of halogens is 1. The fourth-order valence-electron chi connectivity index (χ4n) is 4.61. The van der Waals surface area contributed by atoms with Gasteiger partial charge in [0.05, 0.1) is 13.0 Å². The van der Waals surface area contributed by atoms with Gasteiger partial charge >= 0.3 is 0 Å². The van der Waals surface area contributed by atoms with E-state index < -0.39 is 0 Å². The largest absolute Gasteiger partial charge is 0.494 e. The third-order valence-electron chi connectivity index (χ3n) is 6.43. The van der Waals surface area contributed by atoms with Gasteiger partial charge in [0.15, 0.2) is 0 Å². The summed E-state index contributed by atoms with van der Waals surface area (Å²) in [5, 5.41) is 0. The predicted octanol–water partition coefficient (Wildman–Crippen LogP) is 4.86. The molecule has 1 heterocycles. The summed E-state index contributed by atoms with van der Waals surface area (Å²) in [6, 6.07) is 8.43. The van der Waals surface area contributed by atoms with Crippen molar-refractivity contribution in [3.8, 4) is 5.75 Å². The third-order valence-corrected chi connectivity index (χ3v) is 6.43. The van der Waals surface area contributed by atoms with Crippen LogP contribution in [-0.4, -0.2) is 54.3 Å². The lowest BCUT2D eigenvalue weighted by molar-refractivity contribution is -0.136. The first-order chi connectivity index (χ1) is 14.6. The van der Waals surface area contributed by atoms with E-state index in [1.165, 1.54) is 44.1 Å². The highest BCUT2D eigenvalue weighted by atomic mass is 35.5. The second-order valence-corrected chi connectivity index (χ2v) is 8.91. The molecule has 0 unspecified atom stereocenters. The Bertz CT molecular complexity index is 683. The summed E-state index contributed by atoms with van der Waals surface area (Å²) in [4.78, 5) is 28.2. The van der Waals surface area contributed by atoms with Crippen molar-refractivity contribution in [2.75, 3.05) is 32.8 Å². The first-order valence-corrected chi connectivity index (χ1v) is 11.9. The molecule has 2 aliphatic rings. The SMILES string of the molecule is CCCC(=O)CC(=O)N1CCN(Cc2cccc(OCCC3CCCCC3)c2)CC1.Cl. The van der Waals surface area contributed by atoms with E-state index >= 15 is 0 Å². The summed E-state index contributed by atoms with van der Waals surface area (Å²) in [6.07, 6.45) is 9.44. The first-order valence-electron chi connectivity index (χ1n) is 11.9. The number of ether oxygens (including phenoxy) is 1. The van der Waals surface area contributed by atoms with Crippen LogP contribution in [-0.2, 0) is 16.1 Å². The minimum Gasteiger partial charge on any atom is -0.494 e. The highest BCUT2D eigenvalue weighted by molar-refractivity contribution is 5.98. The third kappa shape index (κ3) is 8.82. The molecule has 1 aliphatic carbocycles. The molecule has 0 aromatic heterocycles. The van der Waals surface area contributed by atoms with Crippen molar-refractivity contribution in [1.29, 1.82) is 0 Å². The number of hydrogen-bond donors (Lipinski definition) is 0. The average Bonchev–Trinajstić information content (AvgIpc) is 2.75. The summed E-state index contributed by atoms with van der Waals surface area (Å²) >= 11 is 0. The minimum atomic E-state index is -0.0125. The lowest BCUT2D eigenvalue weighted by atomic mass is 9.87. The fourth-order valence-corrected chi connectivity index (χ4v) is 4.61. The maximum absolute atomic E-state index is 12.3. The Morgan fingerprint density at radius 1 is 1.06 bits per heavy atom. The molecule has 2 fully saturated rings. The molecule has 5 nitrogen and oxygen atoms in total. The van der Waals surface area contributed by atoms with E-state index in [2.05, 4.69) is 23.1 Å². The second-order valence-electron chi connectivity index (χ2n) is 8.91. The quantitative estimate of drug-likeness (QED) is 0.477. The standard InChI is InChI=1S/C25H38N2O3.ClH/c1-2-7-23(28)19-25(29)27-15-13-26(14-16-27)20-22-10-6-11-24(18-22)30-17-12-21-8-4-3-5-9-21;/h6,10-11,18,21H,2-5,7-9,12-17,19-20H2,1H3;1H. The molecule has 1 aromatic rings. The summed E-state index contributed by atoms with van der Waals surface area (Å²) in [7, 11) is 0. The highest BCUT2D eigenvalue weighted by Crippen LogP contribution is 2.26. The van der Waals surface area contributed by atoms with E-state index in [1.807, 2.05) is 17.9 Å². The van der Waals surface area contributed by atoms with E-state index in [0.29, 0.717) is 19.5 Å². The lowest BCUT2D eigenvalue weighted by Crippen LogP contribution is -2.48. The number of piperazine rings is 1. The summed E-state index contributed by atoms with van der Waals surface area (Å²) in [6.45, 7) is 6.76. The molecule has 31 heavy (non-hydrogen) atoms. The van der Waals surface area contributed by atoms with Crippen LogP contribution in [0.15, 0.2) is 24.3 Å². The molecule has 1 aromatic carbocycles. The van der Waals surface area contributed by atoms with Crippen LogP contribution in [0.4, 0.5) is 0 Å². The zero-order valence-corrected chi connectivity index (χ0v) is 19.8. The molecule has 1 aliphatic heterocycles. The van der Waals surface area contributed by atoms with E-state index in [-0.39, 0.29) is 30.5 Å². The van der Waals surface area contributed by atoms with E-state index in [4.69, 9.17) is 4.74 Å². The zero-order valence-electron chi connectivity index (χ0n) is 19.0. The Labute approximate surface area is 193 Å². The Hall–Kier alpha value is -1.59. The van der Waals surface area contributed by atoms with Crippen molar-refractivity contribution in [2.24, 2.45) is 5.92 Å². The van der Waals surface area contributed by atoms with Crippen LogP contribution < -0.4 is 4.74 Å². The number of carbonyl (C=O) groups is 2. The normalized spacial score (nSPS) is 17.8. The molecular weight excluding hydrogens is 412 g/mol. The maximum atomic E-state index is 12.3. The molecule has 6 heteroatoms. The Kier molecular flexibility index (Phi) is 11.4. The van der Waals surface area contributed by atoms with Crippen molar-refractivity contribution in [2.45, 2.75) is 71.3 Å². The van der Waals surface area contributed by atoms with E-state index in [9.17, 15) is 9.59 Å². The molecule has 0 atom stereocenters. The Morgan fingerprint density at radius 2 is 1.81 bits per heavy atom. The number of carbonyl (C=O) groups excluding carboxylic acids is 2. The number of Topliss-reactive ketones (excluding diaryl/α,β-unsaturated/α-hetero) is 1. The topological polar surface area (TPSA) is 49.9 Å². The van der Waals surface area contributed by atoms with Crippen LogP contribution in [0.25, 0.3) is 0 Å². The molecule has 1 saturated carbocycles. The van der Waals surface area contributed by atoms with Gasteiger partial charge in [0.25, 0.3) is 0 Å². The number of nitrogens with zero attached hydrogens (tertiary/aromatic N) is 2. The molecule has 174 valence electrons. The molecular formula is C25H39ClN2O3. The van der Waals surface area contributed by atoms with Crippen LogP contribution in [0.2, 0.25) is 0 Å². The molecule has 1 saturated heterocycles. The Morgan fingerprint density at radius 3 is 2.52 bits per heavy atom. The van der Waals surface area contributed by atoms with Crippen LogP contribution in [0, 0.1) is 5.92 Å². The molecule has 0 spiro atoms. The van der Waals surface area contributed by atoms with Gasteiger partial charge in [0, 0.05) is 39.1 Å². The zero-order chi connectivity index (χ0) is 21.2. The predicted molar refractivity (Wildman–Crippen MR) is 127 cm³/mol. The van der Waals surface area contributed by atoms with Gasteiger partial charge in [0.1, 0.15) is 11.5 Å². The maximum Gasteiger partial charge on any atom is 0.230 e. The van der Waals surface area contributed by atoms with Crippen molar-refractivity contribution in [3.63, 3.8) is 0 Å². The summed E-state index contributed by atoms with van der Waals surface area (Å²) < 4.78 is 6.04. The number of amides is 1. The molecule has 3 rings (SSSR count). The van der Waals surface area contributed by atoms with Gasteiger partial charge < -0.3 is 9.64 Å². The number of rotatable bonds is 10. The fraction of sp³-hybridized carbons (Fsp3) is 0.680. The second kappa shape index (κ2) is 13.7. The highest BCUT2D eigenvalue weighted by Gasteiger charge is 2.22. The van der Waals surface area contributed by atoms with Crippen molar-refractivity contribution < 1.29 is 14.3 Å². The van der Waals surface area contributed by atoms with E-state index in [1.54, 1.807) is 0 Å². The molecule has 0 radical (unpaired) electrons. The van der Waals surface area contributed by atoms with Gasteiger partial charge in [0.2, 0.25) is 5.91 Å². The number of ketones is 1. The Balaban J connectivity index is 0.00000341. The average molecular weight is 451 g/mol. The summed E-state index contributed by atoms with van der Waals surface area (Å²) in [5.41, 5.74) is 1.25. The summed E-state index contributed by atoms with van der Waals surface area (Å²) in [5.74, 6) is 1.86. The first kappa shape index (κ1) is 25.7. The van der Waals surface area contributed by atoms with Crippen LogP contribution in [0.3, 0.4) is 0 Å². The van der Waals surface area contributed by atoms with Crippen molar-refractivity contribution in [1.82, 2.24) is 9.80 Å². The molecule has 1 amide bonds. The monoisotopic (exact) mass is 450 g/mol. The molecule has 0 N–H and O–H groups in total. The van der Waals surface area contributed by atoms with Gasteiger partial charge in [-0.25, -0.2) is 0 Å².